The first-order chi connectivity index (χ1) is 16.5. The highest BCUT2D eigenvalue weighted by Crippen LogP contribution is 2.73. The molecular weight excluding hydrogens is 496 g/mol. The van der Waals surface area contributed by atoms with Crippen LogP contribution in [0.25, 0.3) is 0 Å². The zero-order chi connectivity index (χ0) is 23.4. The molecule has 3 aliphatic carbocycles. The number of hydrazone groups is 1. The van der Waals surface area contributed by atoms with Gasteiger partial charge in [0.1, 0.15) is 6.61 Å². The van der Waals surface area contributed by atoms with Gasteiger partial charge in [-0.25, -0.2) is 0 Å². The summed E-state index contributed by atoms with van der Waals surface area (Å²) in [5.74, 6) is 0.731. The maximum atomic E-state index is 13.1. The minimum Gasteiger partial charge on any atom is -0.490 e. The fraction of sp³-hybridized carbons (Fsp3) is 0.370. The van der Waals surface area contributed by atoms with Crippen LogP contribution < -0.4 is 9.47 Å². The Morgan fingerprint density at radius 3 is 2.35 bits per heavy atom. The Balaban J connectivity index is 1.22. The second-order valence-corrected chi connectivity index (χ2v) is 10.3. The predicted octanol–water partition coefficient (Wildman–Crippen LogP) is 4.96. The lowest BCUT2D eigenvalue weighted by atomic mass is 9.85. The molecule has 3 fully saturated rings. The van der Waals surface area contributed by atoms with E-state index in [4.69, 9.17) is 9.47 Å². The summed E-state index contributed by atoms with van der Waals surface area (Å²) >= 11 is 3.58. The molecule has 4 atom stereocenters. The number of carbonyl (C=O) groups is 2. The van der Waals surface area contributed by atoms with Crippen LogP contribution in [-0.4, -0.2) is 29.6 Å². The number of fused-ring (bicyclic) bond motifs is 3. The van der Waals surface area contributed by atoms with E-state index in [1.54, 1.807) is 6.21 Å². The van der Waals surface area contributed by atoms with Gasteiger partial charge in [-0.1, -0.05) is 42.5 Å². The Kier molecular flexibility index (Phi) is 5.13. The summed E-state index contributed by atoms with van der Waals surface area (Å²) in [6, 6.07) is 13.6. The smallest absolute Gasteiger partial charge is 0.254 e. The molecule has 7 heteroatoms. The van der Waals surface area contributed by atoms with E-state index in [1.165, 1.54) is 0 Å². The molecule has 6 nitrogen and oxygen atoms in total. The number of nitrogens with zero attached hydrogens (tertiary/aromatic N) is 2. The van der Waals surface area contributed by atoms with E-state index in [9.17, 15) is 9.59 Å². The number of hydrogen-bond acceptors (Lipinski definition) is 5. The molecular formula is C27H25BrN2O4. The van der Waals surface area contributed by atoms with Gasteiger partial charge < -0.3 is 9.47 Å². The molecule has 2 aromatic carbocycles. The maximum absolute atomic E-state index is 13.1. The maximum Gasteiger partial charge on any atom is 0.254 e. The van der Waals surface area contributed by atoms with Crippen LogP contribution in [-0.2, 0) is 16.2 Å². The van der Waals surface area contributed by atoms with Crippen molar-refractivity contribution in [1.29, 1.82) is 0 Å². The summed E-state index contributed by atoms with van der Waals surface area (Å²) in [7, 11) is 0. The van der Waals surface area contributed by atoms with Crippen LogP contribution in [0.1, 0.15) is 30.9 Å². The summed E-state index contributed by atoms with van der Waals surface area (Å²) in [5, 5.41) is 5.42. The third-order valence-electron chi connectivity index (χ3n) is 7.71. The SMILES string of the molecule is CCOc1cc(/C=N\N2C(=O)[C@H]3[C@H](C2=O)[C@H]2C=C[C@H]3C23CC3)cc(Br)c1OCc1ccccc1. The van der Waals surface area contributed by atoms with E-state index in [2.05, 4.69) is 33.2 Å². The van der Waals surface area contributed by atoms with E-state index in [0.717, 1.165) is 23.4 Å². The highest BCUT2D eigenvalue weighted by Gasteiger charge is 2.73. The first-order valence-electron chi connectivity index (χ1n) is 11.8. The number of imide groups is 1. The quantitative estimate of drug-likeness (QED) is 0.294. The Labute approximate surface area is 206 Å². The van der Waals surface area contributed by atoms with Crippen LogP contribution in [0.3, 0.4) is 0 Å². The van der Waals surface area contributed by atoms with Crippen LogP contribution >= 0.6 is 15.9 Å². The fourth-order valence-electron chi connectivity index (χ4n) is 6.10. The van der Waals surface area contributed by atoms with Gasteiger partial charge in [0.25, 0.3) is 11.8 Å². The van der Waals surface area contributed by atoms with Crippen molar-refractivity contribution in [2.75, 3.05) is 6.61 Å². The highest BCUT2D eigenvalue weighted by molar-refractivity contribution is 9.10. The van der Waals surface area contributed by atoms with Crippen molar-refractivity contribution in [2.45, 2.75) is 26.4 Å². The number of rotatable bonds is 7. The van der Waals surface area contributed by atoms with Gasteiger partial charge in [0.15, 0.2) is 11.5 Å². The lowest BCUT2D eigenvalue weighted by molar-refractivity contribution is -0.141. The zero-order valence-corrected chi connectivity index (χ0v) is 20.4. The molecule has 0 radical (unpaired) electrons. The highest BCUT2D eigenvalue weighted by atomic mass is 79.9. The molecule has 0 aromatic heterocycles. The zero-order valence-electron chi connectivity index (χ0n) is 18.8. The normalized spacial score (nSPS) is 27.8. The first kappa shape index (κ1) is 21.6. The van der Waals surface area contributed by atoms with Crippen molar-refractivity contribution in [2.24, 2.45) is 34.2 Å². The molecule has 34 heavy (non-hydrogen) atoms. The number of halogens is 1. The molecule has 2 bridgehead atoms. The third-order valence-corrected chi connectivity index (χ3v) is 8.30. The second kappa shape index (κ2) is 8.08. The van der Waals surface area contributed by atoms with Crippen molar-refractivity contribution < 1.29 is 19.1 Å². The summed E-state index contributed by atoms with van der Waals surface area (Å²) in [4.78, 5) is 26.3. The molecule has 0 N–H and O–H groups in total. The van der Waals surface area contributed by atoms with Crippen molar-refractivity contribution in [3.05, 3.63) is 70.2 Å². The monoisotopic (exact) mass is 520 g/mol. The number of carbonyl (C=O) groups excluding carboxylic acids is 2. The van der Waals surface area contributed by atoms with Gasteiger partial charge in [0.2, 0.25) is 0 Å². The van der Waals surface area contributed by atoms with Gasteiger partial charge in [-0.2, -0.15) is 10.1 Å². The number of hydrogen-bond donors (Lipinski definition) is 0. The number of ether oxygens (including phenoxy) is 2. The van der Waals surface area contributed by atoms with Gasteiger partial charge in [0.05, 0.1) is 29.1 Å². The van der Waals surface area contributed by atoms with Gasteiger partial charge in [-0.3, -0.25) is 9.59 Å². The third kappa shape index (κ3) is 3.24. The Morgan fingerprint density at radius 2 is 1.74 bits per heavy atom. The first-order valence-corrected chi connectivity index (χ1v) is 12.6. The van der Waals surface area contributed by atoms with Gasteiger partial charge >= 0.3 is 0 Å². The van der Waals surface area contributed by atoms with Gasteiger partial charge in [-0.05, 0) is 76.2 Å². The van der Waals surface area contributed by atoms with E-state index in [-0.39, 0.29) is 40.9 Å². The van der Waals surface area contributed by atoms with Crippen LogP contribution in [0.5, 0.6) is 11.5 Å². The van der Waals surface area contributed by atoms with Crippen LogP contribution in [0.4, 0.5) is 0 Å². The van der Waals surface area contributed by atoms with Crippen molar-refractivity contribution in [3.8, 4) is 11.5 Å². The van der Waals surface area contributed by atoms with Gasteiger partial charge in [0, 0.05) is 0 Å². The lowest BCUT2D eigenvalue weighted by Gasteiger charge is -2.18. The summed E-state index contributed by atoms with van der Waals surface area (Å²) in [5.41, 5.74) is 1.94. The van der Waals surface area contributed by atoms with E-state index in [0.29, 0.717) is 34.7 Å². The minimum absolute atomic E-state index is 0.165. The topological polar surface area (TPSA) is 68.2 Å². The summed E-state index contributed by atoms with van der Waals surface area (Å²) < 4.78 is 12.6. The molecule has 1 heterocycles. The molecule has 1 aliphatic heterocycles. The standard InChI is InChI=1S/C27H25BrN2O4/c1-2-33-21-13-17(12-20(28)24(21)34-15-16-6-4-3-5-7-16)14-29-30-25(31)22-18-8-9-19(23(22)26(30)32)27(18)10-11-27/h3-9,12-14,18-19,22-23H,2,10-11,15H2,1H3/b29-14-/t18-,19-,22-,23-/m1/s1. The average Bonchev–Trinajstić information content (AvgIpc) is 3.43. The summed E-state index contributed by atoms with van der Waals surface area (Å²) in [6.07, 6.45) is 8.12. The Morgan fingerprint density at radius 1 is 1.06 bits per heavy atom. The molecule has 2 amide bonds. The Bertz CT molecular complexity index is 1190. The molecule has 1 saturated heterocycles. The largest absolute Gasteiger partial charge is 0.490 e. The molecule has 6 rings (SSSR count). The molecule has 2 aromatic rings. The number of allylic oxidation sites excluding steroid dienone is 2. The van der Waals surface area contributed by atoms with Gasteiger partial charge in [-0.15, -0.1) is 0 Å². The van der Waals surface area contributed by atoms with E-state index >= 15 is 0 Å². The Hall–Kier alpha value is -2.93. The number of benzene rings is 2. The molecule has 1 spiro atoms. The fourth-order valence-corrected chi connectivity index (χ4v) is 6.67. The van der Waals surface area contributed by atoms with Crippen LogP contribution in [0.15, 0.2) is 64.2 Å². The average molecular weight is 521 g/mol. The van der Waals surface area contributed by atoms with Crippen LogP contribution in [0.2, 0.25) is 0 Å². The molecule has 0 unspecified atom stereocenters. The second-order valence-electron chi connectivity index (χ2n) is 9.49. The van der Waals surface area contributed by atoms with E-state index < -0.39 is 0 Å². The number of amides is 2. The minimum atomic E-state index is -0.248. The molecule has 4 aliphatic rings. The van der Waals surface area contributed by atoms with Crippen molar-refractivity contribution >= 4 is 34.0 Å². The van der Waals surface area contributed by atoms with Crippen LogP contribution in [0, 0.1) is 29.1 Å². The van der Waals surface area contributed by atoms with Crippen molar-refractivity contribution in [1.82, 2.24) is 5.01 Å². The van der Waals surface area contributed by atoms with E-state index in [1.807, 2.05) is 49.4 Å². The molecule has 2 saturated carbocycles. The summed E-state index contributed by atoms with van der Waals surface area (Å²) in [6.45, 7) is 2.79. The molecule has 174 valence electrons. The predicted molar refractivity (Wildman–Crippen MR) is 130 cm³/mol. The lowest BCUT2D eigenvalue weighted by Crippen LogP contribution is -2.30. The van der Waals surface area contributed by atoms with Crippen molar-refractivity contribution in [3.63, 3.8) is 0 Å².